The molecule has 0 bridgehead atoms. The van der Waals surface area contributed by atoms with Gasteiger partial charge in [-0.25, -0.2) is 0 Å². The quantitative estimate of drug-likeness (QED) is 0.863. The number of ether oxygens (including phenoxy) is 1. The van der Waals surface area contributed by atoms with Crippen LogP contribution >= 0.6 is 0 Å². The molecule has 0 amide bonds. The lowest BCUT2D eigenvalue weighted by atomic mass is 9.97. The highest BCUT2D eigenvalue weighted by atomic mass is 16.5. The smallest absolute Gasteiger partial charge is 0.127 e. The maximum absolute atomic E-state index is 6.11. The maximum Gasteiger partial charge on any atom is 0.127 e. The largest absolute Gasteiger partial charge is 0.493 e. The van der Waals surface area contributed by atoms with Crippen molar-refractivity contribution in [3.63, 3.8) is 0 Å². The lowest BCUT2D eigenvalue weighted by Crippen LogP contribution is -2.21. The molecule has 2 N–H and O–H groups in total. The number of benzene rings is 2. The molecule has 0 radical (unpaired) electrons. The van der Waals surface area contributed by atoms with E-state index in [0.717, 1.165) is 31.1 Å². The molecule has 1 unspecified atom stereocenters. The SMILES string of the molecule is CCC(N)Cc1ccc(OCC2CC2)c2ccccc12. The Kier molecular flexibility index (Phi) is 3.93. The normalized spacial score (nSPS) is 16.3. The fraction of sp³-hybridized carbons (Fsp3) is 0.444. The van der Waals surface area contributed by atoms with Gasteiger partial charge in [0.05, 0.1) is 6.61 Å². The number of fused-ring (bicyclic) bond motifs is 1. The fourth-order valence-corrected chi connectivity index (χ4v) is 2.56. The molecule has 1 fully saturated rings. The van der Waals surface area contributed by atoms with Gasteiger partial charge in [-0.2, -0.15) is 0 Å². The van der Waals surface area contributed by atoms with Gasteiger partial charge in [-0.05, 0) is 48.6 Å². The van der Waals surface area contributed by atoms with Crippen LogP contribution in [-0.2, 0) is 6.42 Å². The van der Waals surface area contributed by atoms with Crippen molar-refractivity contribution in [3.05, 3.63) is 42.0 Å². The first-order valence-electron chi connectivity index (χ1n) is 7.67. The second-order valence-electron chi connectivity index (χ2n) is 5.90. The summed E-state index contributed by atoms with van der Waals surface area (Å²) in [5.41, 5.74) is 7.44. The maximum atomic E-state index is 6.11. The van der Waals surface area contributed by atoms with Gasteiger partial charge in [0.25, 0.3) is 0 Å². The molecule has 20 heavy (non-hydrogen) atoms. The highest BCUT2D eigenvalue weighted by Gasteiger charge is 2.22. The van der Waals surface area contributed by atoms with E-state index in [1.54, 1.807) is 0 Å². The van der Waals surface area contributed by atoms with Crippen molar-refractivity contribution in [1.29, 1.82) is 0 Å². The van der Waals surface area contributed by atoms with Crippen LogP contribution in [0.5, 0.6) is 5.75 Å². The summed E-state index contributed by atoms with van der Waals surface area (Å²) < 4.78 is 6.00. The summed E-state index contributed by atoms with van der Waals surface area (Å²) in [6.07, 6.45) is 4.58. The van der Waals surface area contributed by atoms with Crippen molar-refractivity contribution in [3.8, 4) is 5.75 Å². The molecule has 0 saturated heterocycles. The first-order valence-corrected chi connectivity index (χ1v) is 7.67. The summed E-state index contributed by atoms with van der Waals surface area (Å²) in [6, 6.07) is 13.0. The van der Waals surface area contributed by atoms with Gasteiger partial charge in [-0.1, -0.05) is 37.3 Å². The van der Waals surface area contributed by atoms with Gasteiger partial charge in [0, 0.05) is 11.4 Å². The predicted molar refractivity (Wildman–Crippen MR) is 84.1 cm³/mol. The van der Waals surface area contributed by atoms with E-state index in [2.05, 4.69) is 43.3 Å². The van der Waals surface area contributed by atoms with Gasteiger partial charge in [0.1, 0.15) is 5.75 Å². The van der Waals surface area contributed by atoms with Crippen LogP contribution in [0, 0.1) is 5.92 Å². The van der Waals surface area contributed by atoms with Crippen LogP contribution in [0.2, 0.25) is 0 Å². The topological polar surface area (TPSA) is 35.2 Å². The average Bonchev–Trinajstić information content (AvgIpc) is 3.30. The molecule has 2 aromatic carbocycles. The van der Waals surface area contributed by atoms with Gasteiger partial charge in [-0.3, -0.25) is 0 Å². The summed E-state index contributed by atoms with van der Waals surface area (Å²) in [5.74, 6) is 1.79. The van der Waals surface area contributed by atoms with E-state index >= 15 is 0 Å². The summed E-state index contributed by atoms with van der Waals surface area (Å²) in [6.45, 7) is 3.00. The van der Waals surface area contributed by atoms with Crippen LogP contribution in [0.4, 0.5) is 0 Å². The van der Waals surface area contributed by atoms with Gasteiger partial charge in [0.15, 0.2) is 0 Å². The second-order valence-corrected chi connectivity index (χ2v) is 5.90. The monoisotopic (exact) mass is 269 g/mol. The van der Waals surface area contributed by atoms with E-state index < -0.39 is 0 Å². The molecule has 2 nitrogen and oxygen atoms in total. The van der Waals surface area contributed by atoms with E-state index in [9.17, 15) is 0 Å². The Balaban J connectivity index is 1.91. The minimum Gasteiger partial charge on any atom is -0.493 e. The minimum atomic E-state index is 0.233. The summed E-state index contributed by atoms with van der Waals surface area (Å²) in [5, 5.41) is 2.50. The van der Waals surface area contributed by atoms with E-state index in [4.69, 9.17) is 10.5 Å². The lowest BCUT2D eigenvalue weighted by Gasteiger charge is -2.14. The molecule has 2 aromatic rings. The standard InChI is InChI=1S/C18H23NO/c1-2-15(19)11-14-9-10-18(20-12-13-7-8-13)17-6-4-3-5-16(14)17/h3-6,9-10,13,15H,2,7-8,11-12,19H2,1H3. The van der Waals surface area contributed by atoms with Gasteiger partial charge in [0.2, 0.25) is 0 Å². The van der Waals surface area contributed by atoms with Gasteiger partial charge < -0.3 is 10.5 Å². The molecule has 2 heteroatoms. The van der Waals surface area contributed by atoms with E-state index in [0.29, 0.717) is 0 Å². The van der Waals surface area contributed by atoms with Crippen LogP contribution < -0.4 is 10.5 Å². The number of hydrogen-bond donors (Lipinski definition) is 1. The van der Waals surface area contributed by atoms with Crippen molar-refractivity contribution in [2.75, 3.05) is 6.61 Å². The second kappa shape index (κ2) is 5.84. The zero-order valence-corrected chi connectivity index (χ0v) is 12.1. The molecule has 0 spiro atoms. The number of hydrogen-bond acceptors (Lipinski definition) is 2. The van der Waals surface area contributed by atoms with Crippen LogP contribution in [0.15, 0.2) is 36.4 Å². The van der Waals surface area contributed by atoms with E-state index in [-0.39, 0.29) is 6.04 Å². The number of nitrogens with two attached hydrogens (primary N) is 1. The summed E-state index contributed by atoms with van der Waals surface area (Å²) in [4.78, 5) is 0. The molecular formula is C18H23NO. The predicted octanol–water partition coefficient (Wildman–Crippen LogP) is 3.91. The van der Waals surface area contributed by atoms with Crippen molar-refractivity contribution in [2.24, 2.45) is 11.7 Å². The molecule has 3 rings (SSSR count). The van der Waals surface area contributed by atoms with Crippen molar-refractivity contribution >= 4 is 10.8 Å². The fourth-order valence-electron chi connectivity index (χ4n) is 2.56. The van der Waals surface area contributed by atoms with Gasteiger partial charge in [-0.15, -0.1) is 0 Å². The summed E-state index contributed by atoms with van der Waals surface area (Å²) in [7, 11) is 0. The Hall–Kier alpha value is -1.54. The summed E-state index contributed by atoms with van der Waals surface area (Å²) >= 11 is 0. The van der Waals surface area contributed by atoms with Crippen LogP contribution in [0.3, 0.4) is 0 Å². The molecule has 0 aliphatic heterocycles. The van der Waals surface area contributed by atoms with Crippen molar-refractivity contribution in [2.45, 2.75) is 38.6 Å². The molecule has 0 heterocycles. The first-order chi connectivity index (χ1) is 9.78. The molecule has 1 aliphatic rings. The Bertz CT molecular complexity index is 589. The molecule has 1 aliphatic carbocycles. The molecule has 1 atom stereocenters. The molecule has 106 valence electrons. The average molecular weight is 269 g/mol. The highest BCUT2D eigenvalue weighted by molar-refractivity contribution is 5.91. The van der Waals surface area contributed by atoms with E-state index in [1.807, 2.05) is 0 Å². The third kappa shape index (κ3) is 2.96. The third-order valence-corrected chi connectivity index (χ3v) is 4.15. The first kappa shape index (κ1) is 13.4. The zero-order valence-electron chi connectivity index (χ0n) is 12.1. The Morgan fingerprint density at radius 2 is 1.90 bits per heavy atom. The zero-order chi connectivity index (χ0) is 13.9. The molecular weight excluding hydrogens is 246 g/mol. The third-order valence-electron chi connectivity index (χ3n) is 4.15. The van der Waals surface area contributed by atoms with Gasteiger partial charge >= 0.3 is 0 Å². The highest BCUT2D eigenvalue weighted by Crippen LogP contribution is 2.33. The lowest BCUT2D eigenvalue weighted by molar-refractivity contribution is 0.303. The Morgan fingerprint density at radius 1 is 1.15 bits per heavy atom. The Labute approximate surface area is 120 Å². The number of rotatable bonds is 6. The van der Waals surface area contributed by atoms with Crippen LogP contribution in [-0.4, -0.2) is 12.6 Å². The van der Waals surface area contributed by atoms with Crippen molar-refractivity contribution < 1.29 is 4.74 Å². The minimum absolute atomic E-state index is 0.233. The molecule has 0 aromatic heterocycles. The van der Waals surface area contributed by atoms with E-state index in [1.165, 1.54) is 29.2 Å². The molecule has 1 saturated carbocycles. The van der Waals surface area contributed by atoms with Crippen molar-refractivity contribution in [1.82, 2.24) is 0 Å². The van der Waals surface area contributed by atoms with Crippen LogP contribution in [0.25, 0.3) is 10.8 Å². The Morgan fingerprint density at radius 3 is 2.60 bits per heavy atom. The van der Waals surface area contributed by atoms with Crippen LogP contribution in [0.1, 0.15) is 31.7 Å².